The van der Waals surface area contributed by atoms with Gasteiger partial charge in [-0.15, -0.1) is 0 Å². The predicted octanol–water partition coefficient (Wildman–Crippen LogP) is 3.03. The molecule has 3 nitrogen and oxygen atoms in total. The van der Waals surface area contributed by atoms with Crippen molar-refractivity contribution in [1.82, 2.24) is 4.90 Å². The molecule has 1 saturated heterocycles. The van der Waals surface area contributed by atoms with Crippen LogP contribution in [0.25, 0.3) is 0 Å². The fraction of sp³-hybridized carbons (Fsp3) is 0.286. The molecule has 0 unspecified atom stereocenters. The normalized spacial score (nSPS) is 17.5. The Labute approximate surface area is 111 Å². The highest BCUT2D eigenvalue weighted by molar-refractivity contribution is 6.30. The van der Waals surface area contributed by atoms with E-state index in [4.69, 9.17) is 11.6 Å². The molecule has 0 N–H and O–H groups in total. The van der Waals surface area contributed by atoms with Crippen LogP contribution in [0.3, 0.4) is 0 Å². The van der Waals surface area contributed by atoms with Crippen LogP contribution in [0.15, 0.2) is 35.5 Å². The molecule has 4 heteroatoms. The molecule has 0 radical (unpaired) electrons. The molecule has 1 heterocycles. The van der Waals surface area contributed by atoms with E-state index in [9.17, 15) is 10.1 Å². The van der Waals surface area contributed by atoms with Crippen molar-refractivity contribution < 1.29 is 4.79 Å². The Hall–Kier alpha value is -1.79. The lowest BCUT2D eigenvalue weighted by atomic mass is 10.0. The second-order valence-corrected chi connectivity index (χ2v) is 4.73. The van der Waals surface area contributed by atoms with Gasteiger partial charge in [-0.1, -0.05) is 11.6 Å². The summed E-state index contributed by atoms with van der Waals surface area (Å²) in [5.41, 5.74) is 1.60. The zero-order valence-corrected chi connectivity index (χ0v) is 10.9. The molecule has 1 aliphatic heterocycles. The molecule has 1 aromatic carbocycles. The van der Waals surface area contributed by atoms with Gasteiger partial charge in [0.25, 0.3) is 0 Å². The van der Waals surface area contributed by atoms with Crippen LogP contribution >= 0.6 is 11.6 Å². The predicted molar refractivity (Wildman–Crippen MR) is 70.3 cm³/mol. The number of hydrogen-bond acceptors (Lipinski definition) is 3. The standard InChI is InChI=1S/C14H13ClN2O/c1-17-8-2-3-13(17)12(9-16)14(18)10-4-6-11(15)7-5-10/h4-7H,2-3,8H2,1H3. The van der Waals surface area contributed by atoms with Crippen molar-refractivity contribution >= 4 is 17.4 Å². The van der Waals surface area contributed by atoms with Gasteiger partial charge in [-0.2, -0.15) is 5.26 Å². The highest BCUT2D eigenvalue weighted by Gasteiger charge is 2.23. The minimum atomic E-state index is -0.224. The largest absolute Gasteiger partial charge is 0.377 e. The number of halogens is 1. The Balaban J connectivity index is 2.38. The molecule has 0 spiro atoms. The highest BCUT2D eigenvalue weighted by Crippen LogP contribution is 2.24. The van der Waals surface area contributed by atoms with E-state index in [2.05, 4.69) is 0 Å². The van der Waals surface area contributed by atoms with E-state index in [0.717, 1.165) is 25.1 Å². The van der Waals surface area contributed by atoms with Gasteiger partial charge in [-0.3, -0.25) is 4.79 Å². The van der Waals surface area contributed by atoms with Crippen LogP contribution in [0.2, 0.25) is 5.02 Å². The molecule has 0 amide bonds. The molecule has 0 saturated carbocycles. The molecule has 18 heavy (non-hydrogen) atoms. The van der Waals surface area contributed by atoms with Crippen LogP contribution < -0.4 is 0 Å². The van der Waals surface area contributed by atoms with Gasteiger partial charge in [0.1, 0.15) is 11.6 Å². The molecule has 1 aromatic rings. The molecule has 92 valence electrons. The van der Waals surface area contributed by atoms with E-state index in [-0.39, 0.29) is 11.4 Å². The number of carbonyl (C=O) groups excluding carboxylic acids is 1. The van der Waals surface area contributed by atoms with Crippen LogP contribution in [0.5, 0.6) is 0 Å². The number of carbonyl (C=O) groups is 1. The SMILES string of the molecule is CN1CCCC1=C(C#N)C(=O)c1ccc(Cl)cc1. The Morgan fingerprint density at radius 2 is 2.06 bits per heavy atom. The van der Waals surface area contributed by atoms with Gasteiger partial charge in [0.15, 0.2) is 0 Å². The van der Waals surface area contributed by atoms with E-state index >= 15 is 0 Å². The quantitative estimate of drug-likeness (QED) is 0.466. The van der Waals surface area contributed by atoms with Gasteiger partial charge in [0.05, 0.1) is 0 Å². The Bertz CT molecular complexity index is 540. The summed E-state index contributed by atoms with van der Waals surface area (Å²) >= 11 is 5.78. The van der Waals surface area contributed by atoms with Crippen molar-refractivity contribution in [3.63, 3.8) is 0 Å². The molecule has 1 fully saturated rings. The molecule has 0 bridgehead atoms. The van der Waals surface area contributed by atoms with Crippen molar-refractivity contribution in [2.75, 3.05) is 13.6 Å². The van der Waals surface area contributed by atoms with Gasteiger partial charge >= 0.3 is 0 Å². The number of nitrogens with zero attached hydrogens (tertiary/aromatic N) is 2. The Morgan fingerprint density at radius 1 is 1.39 bits per heavy atom. The lowest BCUT2D eigenvalue weighted by Gasteiger charge is -2.14. The third-order valence-electron chi connectivity index (χ3n) is 3.10. The van der Waals surface area contributed by atoms with E-state index in [1.807, 2.05) is 18.0 Å². The number of allylic oxidation sites excluding steroid dienone is 2. The fourth-order valence-electron chi connectivity index (χ4n) is 2.12. The third kappa shape index (κ3) is 2.39. The number of rotatable bonds is 2. The number of likely N-dealkylation sites (tertiary alicyclic amines) is 1. The Kier molecular flexibility index (Phi) is 3.69. The van der Waals surface area contributed by atoms with Crippen LogP contribution in [-0.2, 0) is 0 Å². The maximum atomic E-state index is 12.3. The van der Waals surface area contributed by atoms with Crippen molar-refractivity contribution in [3.8, 4) is 6.07 Å². The molecule has 0 atom stereocenters. The van der Waals surface area contributed by atoms with Gasteiger partial charge in [0, 0.05) is 29.9 Å². The number of Topliss-reactive ketones (excluding diaryl/α,β-unsaturated/α-hetero) is 1. The summed E-state index contributed by atoms with van der Waals surface area (Å²) in [6.07, 6.45) is 1.78. The third-order valence-corrected chi connectivity index (χ3v) is 3.35. The van der Waals surface area contributed by atoms with Crippen LogP contribution in [-0.4, -0.2) is 24.3 Å². The lowest BCUT2D eigenvalue weighted by Crippen LogP contribution is -2.15. The van der Waals surface area contributed by atoms with E-state index in [0.29, 0.717) is 10.6 Å². The van der Waals surface area contributed by atoms with E-state index in [1.54, 1.807) is 24.3 Å². The number of nitriles is 1. The van der Waals surface area contributed by atoms with Crippen LogP contribution in [0.1, 0.15) is 23.2 Å². The van der Waals surface area contributed by atoms with Crippen molar-refractivity contribution in [3.05, 3.63) is 46.1 Å². The minimum absolute atomic E-state index is 0.224. The summed E-state index contributed by atoms with van der Waals surface area (Å²) in [5.74, 6) is -0.224. The minimum Gasteiger partial charge on any atom is -0.377 e. The second kappa shape index (κ2) is 5.24. The summed E-state index contributed by atoms with van der Waals surface area (Å²) in [6.45, 7) is 0.897. The van der Waals surface area contributed by atoms with Gasteiger partial charge in [0.2, 0.25) is 5.78 Å². The van der Waals surface area contributed by atoms with Crippen molar-refractivity contribution in [1.29, 1.82) is 5.26 Å². The van der Waals surface area contributed by atoms with Gasteiger partial charge < -0.3 is 4.90 Å². The number of hydrogen-bond donors (Lipinski definition) is 0. The first-order valence-corrected chi connectivity index (χ1v) is 6.16. The smallest absolute Gasteiger partial charge is 0.205 e. The molecule has 0 aromatic heterocycles. The summed E-state index contributed by atoms with van der Waals surface area (Å²) in [6, 6.07) is 8.66. The van der Waals surface area contributed by atoms with E-state index in [1.165, 1.54) is 0 Å². The van der Waals surface area contributed by atoms with Crippen molar-refractivity contribution in [2.45, 2.75) is 12.8 Å². The first-order chi connectivity index (χ1) is 8.63. The number of ketones is 1. The summed E-state index contributed by atoms with van der Waals surface area (Å²) in [4.78, 5) is 14.2. The highest BCUT2D eigenvalue weighted by atomic mass is 35.5. The van der Waals surface area contributed by atoms with Gasteiger partial charge in [-0.05, 0) is 37.1 Å². The average Bonchev–Trinajstić information content (AvgIpc) is 2.78. The lowest BCUT2D eigenvalue weighted by molar-refractivity contribution is 0.103. The fourth-order valence-corrected chi connectivity index (χ4v) is 2.24. The number of benzene rings is 1. The summed E-state index contributed by atoms with van der Waals surface area (Å²) in [5, 5.41) is 9.79. The van der Waals surface area contributed by atoms with Crippen LogP contribution in [0, 0.1) is 11.3 Å². The maximum absolute atomic E-state index is 12.3. The maximum Gasteiger partial charge on any atom is 0.205 e. The Morgan fingerprint density at radius 3 is 2.56 bits per heavy atom. The molecule has 0 aliphatic carbocycles. The molecular weight excluding hydrogens is 248 g/mol. The van der Waals surface area contributed by atoms with E-state index < -0.39 is 0 Å². The monoisotopic (exact) mass is 260 g/mol. The molecular formula is C14H13ClN2O. The molecule has 1 aliphatic rings. The second-order valence-electron chi connectivity index (χ2n) is 4.29. The van der Waals surface area contributed by atoms with Crippen molar-refractivity contribution in [2.24, 2.45) is 0 Å². The zero-order chi connectivity index (χ0) is 13.1. The summed E-state index contributed by atoms with van der Waals surface area (Å²) < 4.78 is 0. The zero-order valence-electron chi connectivity index (χ0n) is 10.1. The first kappa shape index (κ1) is 12.7. The van der Waals surface area contributed by atoms with Gasteiger partial charge in [-0.25, -0.2) is 0 Å². The molecule has 2 rings (SSSR count). The topological polar surface area (TPSA) is 44.1 Å². The first-order valence-electron chi connectivity index (χ1n) is 5.78. The van der Waals surface area contributed by atoms with Crippen LogP contribution in [0.4, 0.5) is 0 Å². The summed E-state index contributed by atoms with van der Waals surface area (Å²) in [7, 11) is 1.91. The average molecular weight is 261 g/mol.